The maximum absolute atomic E-state index is 14.1. The van der Waals surface area contributed by atoms with E-state index in [-0.39, 0.29) is 5.82 Å². The fourth-order valence-corrected chi connectivity index (χ4v) is 2.47. The number of benzene rings is 1. The molecule has 0 saturated heterocycles. The Labute approximate surface area is 118 Å². The molecular weight excluding hydrogens is 253 g/mol. The lowest BCUT2D eigenvalue weighted by Gasteiger charge is -2.08. The van der Waals surface area contributed by atoms with Gasteiger partial charge in [0.05, 0.1) is 6.20 Å². The summed E-state index contributed by atoms with van der Waals surface area (Å²) in [5.74, 6) is -0.182. The van der Waals surface area contributed by atoms with Gasteiger partial charge in [-0.15, -0.1) is 0 Å². The first-order valence-electron chi connectivity index (χ1n) is 7.23. The van der Waals surface area contributed by atoms with Crippen LogP contribution in [-0.4, -0.2) is 15.8 Å². The number of hydrogen-bond donors (Lipinski definition) is 1. The molecule has 1 saturated carbocycles. The summed E-state index contributed by atoms with van der Waals surface area (Å²) < 4.78 is 16.0. The molecule has 1 fully saturated rings. The molecule has 1 aliphatic carbocycles. The fourth-order valence-electron chi connectivity index (χ4n) is 2.47. The van der Waals surface area contributed by atoms with Crippen LogP contribution < -0.4 is 5.32 Å². The van der Waals surface area contributed by atoms with Gasteiger partial charge in [0.25, 0.3) is 0 Å². The molecule has 1 N–H and O–H groups in total. The minimum Gasteiger partial charge on any atom is -0.310 e. The van der Waals surface area contributed by atoms with Crippen LogP contribution in [0.4, 0.5) is 4.39 Å². The van der Waals surface area contributed by atoms with E-state index in [0.29, 0.717) is 11.6 Å². The van der Waals surface area contributed by atoms with Gasteiger partial charge in [-0.05, 0) is 44.4 Å². The molecule has 0 bridgehead atoms. The number of aromatic nitrogens is 2. The molecule has 1 aliphatic rings. The second-order valence-electron chi connectivity index (χ2n) is 5.43. The van der Waals surface area contributed by atoms with Gasteiger partial charge in [0, 0.05) is 36.0 Å². The minimum absolute atomic E-state index is 0.182. The average Bonchev–Trinajstić information content (AvgIpc) is 3.21. The highest BCUT2D eigenvalue weighted by molar-refractivity contribution is 5.66. The van der Waals surface area contributed by atoms with E-state index < -0.39 is 0 Å². The maximum Gasteiger partial charge on any atom is 0.131 e. The van der Waals surface area contributed by atoms with E-state index in [2.05, 4.69) is 10.4 Å². The third-order valence-corrected chi connectivity index (χ3v) is 3.90. The number of aryl methyl sites for hydroxylation is 1. The molecular formula is C16H20FN3. The SMILES string of the molecule is CCn1ncc(-c2cc(CNC3CC3)ccc2F)c1C. The lowest BCUT2D eigenvalue weighted by Crippen LogP contribution is -2.15. The first kappa shape index (κ1) is 13.3. The third kappa shape index (κ3) is 2.61. The van der Waals surface area contributed by atoms with Crippen molar-refractivity contribution in [3.05, 3.63) is 41.5 Å². The van der Waals surface area contributed by atoms with Crippen molar-refractivity contribution in [3.63, 3.8) is 0 Å². The molecule has 2 aromatic rings. The van der Waals surface area contributed by atoms with Crippen LogP contribution in [-0.2, 0) is 13.1 Å². The van der Waals surface area contributed by atoms with Crippen LogP contribution in [0.5, 0.6) is 0 Å². The average molecular weight is 273 g/mol. The minimum atomic E-state index is -0.182. The summed E-state index contributed by atoms with van der Waals surface area (Å²) in [5.41, 5.74) is 3.67. The van der Waals surface area contributed by atoms with Gasteiger partial charge in [-0.1, -0.05) is 6.07 Å². The smallest absolute Gasteiger partial charge is 0.131 e. The molecule has 4 heteroatoms. The molecule has 3 rings (SSSR count). The zero-order chi connectivity index (χ0) is 14.1. The van der Waals surface area contributed by atoms with E-state index in [0.717, 1.165) is 29.9 Å². The molecule has 1 heterocycles. The van der Waals surface area contributed by atoms with Crippen LogP contribution >= 0.6 is 0 Å². The molecule has 0 aliphatic heterocycles. The van der Waals surface area contributed by atoms with Gasteiger partial charge in [0.1, 0.15) is 5.82 Å². The van der Waals surface area contributed by atoms with Crippen molar-refractivity contribution in [3.8, 4) is 11.1 Å². The van der Waals surface area contributed by atoms with Crippen molar-refractivity contribution in [1.82, 2.24) is 15.1 Å². The molecule has 1 aromatic carbocycles. The highest BCUT2D eigenvalue weighted by Crippen LogP contribution is 2.27. The number of halogens is 1. The molecule has 0 unspecified atom stereocenters. The van der Waals surface area contributed by atoms with Gasteiger partial charge >= 0.3 is 0 Å². The predicted molar refractivity (Wildman–Crippen MR) is 77.9 cm³/mol. The van der Waals surface area contributed by atoms with Gasteiger partial charge in [0.15, 0.2) is 0 Å². The topological polar surface area (TPSA) is 29.9 Å². The van der Waals surface area contributed by atoms with Gasteiger partial charge in [-0.2, -0.15) is 5.10 Å². The molecule has 20 heavy (non-hydrogen) atoms. The molecule has 0 spiro atoms. The van der Waals surface area contributed by atoms with Gasteiger partial charge in [-0.25, -0.2) is 4.39 Å². The highest BCUT2D eigenvalue weighted by atomic mass is 19.1. The van der Waals surface area contributed by atoms with Crippen LogP contribution in [0, 0.1) is 12.7 Å². The molecule has 0 atom stereocenters. The molecule has 0 radical (unpaired) electrons. The lowest BCUT2D eigenvalue weighted by molar-refractivity contribution is 0.627. The fraction of sp³-hybridized carbons (Fsp3) is 0.438. The summed E-state index contributed by atoms with van der Waals surface area (Å²) in [6, 6.07) is 6.01. The number of hydrogen-bond acceptors (Lipinski definition) is 2. The second kappa shape index (κ2) is 5.37. The van der Waals surface area contributed by atoms with Crippen molar-refractivity contribution in [1.29, 1.82) is 0 Å². The second-order valence-corrected chi connectivity index (χ2v) is 5.43. The Bertz CT molecular complexity index is 614. The molecule has 106 valence electrons. The van der Waals surface area contributed by atoms with E-state index >= 15 is 0 Å². The van der Waals surface area contributed by atoms with Crippen molar-refractivity contribution in [2.75, 3.05) is 0 Å². The Hall–Kier alpha value is -1.68. The van der Waals surface area contributed by atoms with E-state index in [9.17, 15) is 4.39 Å². The van der Waals surface area contributed by atoms with Crippen molar-refractivity contribution >= 4 is 0 Å². The summed E-state index contributed by atoms with van der Waals surface area (Å²) in [5, 5.41) is 7.76. The lowest BCUT2D eigenvalue weighted by atomic mass is 10.0. The third-order valence-electron chi connectivity index (χ3n) is 3.90. The molecule has 0 amide bonds. The van der Waals surface area contributed by atoms with Crippen molar-refractivity contribution in [2.45, 2.75) is 45.8 Å². The first-order chi connectivity index (χ1) is 9.69. The summed E-state index contributed by atoms with van der Waals surface area (Å²) in [4.78, 5) is 0. The number of nitrogens with zero attached hydrogens (tertiary/aromatic N) is 2. The summed E-state index contributed by atoms with van der Waals surface area (Å²) >= 11 is 0. The summed E-state index contributed by atoms with van der Waals surface area (Å²) in [6.45, 7) is 5.63. The van der Waals surface area contributed by atoms with Gasteiger partial charge in [0.2, 0.25) is 0 Å². The van der Waals surface area contributed by atoms with E-state index in [1.54, 1.807) is 12.3 Å². The predicted octanol–water partition coefficient (Wildman–Crippen LogP) is 3.27. The Morgan fingerprint density at radius 3 is 2.80 bits per heavy atom. The number of nitrogens with one attached hydrogen (secondary N) is 1. The normalized spacial score (nSPS) is 14.8. The van der Waals surface area contributed by atoms with Crippen LogP contribution in [0.1, 0.15) is 31.0 Å². The first-order valence-corrected chi connectivity index (χ1v) is 7.23. The molecule has 3 nitrogen and oxygen atoms in total. The van der Waals surface area contributed by atoms with E-state index in [1.807, 2.05) is 30.7 Å². The van der Waals surface area contributed by atoms with Gasteiger partial charge in [-0.3, -0.25) is 4.68 Å². The Balaban J connectivity index is 1.89. The van der Waals surface area contributed by atoms with Gasteiger partial charge < -0.3 is 5.32 Å². The van der Waals surface area contributed by atoms with Crippen molar-refractivity contribution in [2.24, 2.45) is 0 Å². The quantitative estimate of drug-likeness (QED) is 0.906. The van der Waals surface area contributed by atoms with E-state index in [4.69, 9.17) is 0 Å². The highest BCUT2D eigenvalue weighted by Gasteiger charge is 2.20. The van der Waals surface area contributed by atoms with Crippen LogP contribution in [0.25, 0.3) is 11.1 Å². The maximum atomic E-state index is 14.1. The largest absolute Gasteiger partial charge is 0.310 e. The Morgan fingerprint density at radius 1 is 1.35 bits per heavy atom. The molecule has 1 aromatic heterocycles. The Kier molecular flexibility index (Phi) is 3.57. The van der Waals surface area contributed by atoms with Crippen LogP contribution in [0.15, 0.2) is 24.4 Å². The summed E-state index contributed by atoms with van der Waals surface area (Å²) in [6.07, 6.45) is 4.28. The zero-order valence-electron chi connectivity index (χ0n) is 12.0. The summed E-state index contributed by atoms with van der Waals surface area (Å²) in [7, 11) is 0. The standard InChI is InChI=1S/C16H20FN3/c1-3-20-11(2)15(10-19-20)14-8-12(4-7-16(14)17)9-18-13-5-6-13/h4,7-8,10,13,18H,3,5-6,9H2,1-2H3. The van der Waals surface area contributed by atoms with Crippen LogP contribution in [0.2, 0.25) is 0 Å². The van der Waals surface area contributed by atoms with Crippen molar-refractivity contribution < 1.29 is 4.39 Å². The van der Waals surface area contributed by atoms with Crippen LogP contribution in [0.3, 0.4) is 0 Å². The van der Waals surface area contributed by atoms with E-state index in [1.165, 1.54) is 12.8 Å². The monoisotopic (exact) mass is 273 g/mol. The number of rotatable bonds is 5. The Morgan fingerprint density at radius 2 is 2.15 bits per heavy atom. The zero-order valence-corrected chi connectivity index (χ0v) is 12.0.